The Labute approximate surface area is 142 Å². The number of aryl methyl sites for hydroxylation is 1. The van der Waals surface area contributed by atoms with Crippen LogP contribution in [-0.2, 0) is 6.54 Å². The van der Waals surface area contributed by atoms with Crippen molar-refractivity contribution >= 4 is 17.5 Å². The second kappa shape index (κ2) is 7.16. The van der Waals surface area contributed by atoms with Crippen LogP contribution in [0.5, 0.6) is 0 Å². The molecule has 0 saturated carbocycles. The maximum Gasteiger partial charge on any atom is 0.254 e. The summed E-state index contributed by atoms with van der Waals surface area (Å²) < 4.78 is 0. The molecule has 2 aromatic carbocycles. The van der Waals surface area contributed by atoms with Crippen molar-refractivity contribution in [3.8, 4) is 0 Å². The number of amides is 1. The van der Waals surface area contributed by atoms with Gasteiger partial charge in [-0.25, -0.2) is 0 Å². The van der Waals surface area contributed by atoms with Crippen molar-refractivity contribution < 1.29 is 9.69 Å². The molecule has 0 aromatic heterocycles. The quantitative estimate of drug-likeness (QED) is 0.917. The largest absolute Gasteiger partial charge is 0.328 e. The first-order valence-corrected chi connectivity index (χ1v) is 8.44. The zero-order valence-corrected chi connectivity index (χ0v) is 14.1. The number of benzene rings is 2. The van der Waals surface area contributed by atoms with E-state index >= 15 is 0 Å². The van der Waals surface area contributed by atoms with Crippen molar-refractivity contribution in [1.82, 2.24) is 4.90 Å². The second-order valence-corrected chi connectivity index (χ2v) is 6.58. The fourth-order valence-electron chi connectivity index (χ4n) is 3.00. The van der Waals surface area contributed by atoms with Crippen LogP contribution >= 0.6 is 11.6 Å². The minimum absolute atomic E-state index is 0.0886. The van der Waals surface area contributed by atoms with Crippen molar-refractivity contribution in [2.24, 2.45) is 0 Å². The molecule has 1 saturated heterocycles. The number of nitrogens with zero attached hydrogens (tertiary/aromatic N) is 1. The van der Waals surface area contributed by atoms with Gasteiger partial charge < -0.3 is 9.80 Å². The number of carbonyl (C=O) groups is 1. The van der Waals surface area contributed by atoms with Crippen molar-refractivity contribution in [1.29, 1.82) is 0 Å². The van der Waals surface area contributed by atoms with Gasteiger partial charge in [-0.05, 0) is 24.6 Å². The first kappa shape index (κ1) is 16.0. The number of carbonyl (C=O) groups excluding carboxylic acids is 1. The summed E-state index contributed by atoms with van der Waals surface area (Å²) in [6, 6.07) is 16.1. The molecule has 1 amide bonds. The molecule has 3 rings (SSSR count). The second-order valence-electron chi connectivity index (χ2n) is 6.17. The van der Waals surface area contributed by atoms with E-state index in [4.69, 9.17) is 11.6 Å². The van der Waals surface area contributed by atoms with Gasteiger partial charge in [-0.15, -0.1) is 0 Å². The monoisotopic (exact) mass is 329 g/mol. The molecule has 0 unspecified atom stereocenters. The highest BCUT2D eigenvalue weighted by molar-refractivity contribution is 6.31. The number of piperazine rings is 1. The van der Waals surface area contributed by atoms with E-state index in [0.29, 0.717) is 10.6 Å². The number of hydrogen-bond acceptors (Lipinski definition) is 1. The third-order valence-electron chi connectivity index (χ3n) is 4.47. The van der Waals surface area contributed by atoms with Crippen molar-refractivity contribution in [3.63, 3.8) is 0 Å². The molecule has 1 fully saturated rings. The zero-order valence-electron chi connectivity index (χ0n) is 13.4. The Morgan fingerprint density at radius 2 is 1.83 bits per heavy atom. The Hall–Kier alpha value is -1.84. The predicted molar refractivity (Wildman–Crippen MR) is 92.9 cm³/mol. The van der Waals surface area contributed by atoms with E-state index in [1.165, 1.54) is 10.5 Å². The number of nitrogens with one attached hydrogen (secondary N) is 1. The van der Waals surface area contributed by atoms with E-state index in [2.05, 4.69) is 24.3 Å². The van der Waals surface area contributed by atoms with Gasteiger partial charge in [0.15, 0.2) is 0 Å². The third kappa shape index (κ3) is 3.92. The normalized spacial score (nSPS) is 15.7. The molecule has 2 aromatic rings. The third-order valence-corrected chi connectivity index (χ3v) is 4.88. The summed E-state index contributed by atoms with van der Waals surface area (Å²) in [6.07, 6.45) is 0. The molecule has 4 heteroatoms. The van der Waals surface area contributed by atoms with Crippen molar-refractivity contribution in [2.75, 3.05) is 26.2 Å². The standard InChI is InChI=1S/C19H21ClN2O/c1-15-7-8-17(13-18(15)20)19(23)22-11-9-21(10-12-22)14-16-5-3-2-4-6-16/h2-8,13H,9-12,14H2,1H3/p+1. The molecule has 0 bridgehead atoms. The Morgan fingerprint density at radius 1 is 1.13 bits per heavy atom. The molecule has 0 atom stereocenters. The lowest BCUT2D eigenvalue weighted by Crippen LogP contribution is -3.13. The Morgan fingerprint density at radius 3 is 2.48 bits per heavy atom. The molecular weight excluding hydrogens is 308 g/mol. The molecule has 0 spiro atoms. The molecule has 0 aliphatic carbocycles. The molecule has 1 N–H and O–H groups in total. The average Bonchev–Trinajstić information content (AvgIpc) is 2.58. The summed E-state index contributed by atoms with van der Waals surface area (Å²) >= 11 is 6.14. The van der Waals surface area contributed by atoms with E-state index in [1.54, 1.807) is 6.07 Å². The fraction of sp³-hybridized carbons (Fsp3) is 0.316. The number of hydrogen-bond donors (Lipinski definition) is 1. The molecule has 1 heterocycles. The topological polar surface area (TPSA) is 24.8 Å². The van der Waals surface area contributed by atoms with Crippen LogP contribution < -0.4 is 4.90 Å². The van der Waals surface area contributed by atoms with E-state index in [0.717, 1.165) is 38.3 Å². The minimum Gasteiger partial charge on any atom is -0.328 e. The number of quaternary nitrogens is 1. The van der Waals surface area contributed by atoms with Gasteiger partial charge in [0.1, 0.15) is 6.54 Å². The van der Waals surface area contributed by atoms with Crippen LogP contribution in [0.3, 0.4) is 0 Å². The van der Waals surface area contributed by atoms with Gasteiger partial charge in [-0.2, -0.15) is 0 Å². The predicted octanol–water partition coefficient (Wildman–Crippen LogP) is 2.19. The van der Waals surface area contributed by atoms with E-state index in [9.17, 15) is 4.79 Å². The fourth-order valence-corrected chi connectivity index (χ4v) is 3.18. The highest BCUT2D eigenvalue weighted by atomic mass is 35.5. The Bertz CT molecular complexity index is 679. The lowest BCUT2D eigenvalue weighted by molar-refractivity contribution is -0.917. The lowest BCUT2D eigenvalue weighted by atomic mass is 10.1. The maximum absolute atomic E-state index is 12.6. The highest BCUT2D eigenvalue weighted by Crippen LogP contribution is 2.18. The van der Waals surface area contributed by atoms with Gasteiger partial charge in [0.05, 0.1) is 26.2 Å². The van der Waals surface area contributed by atoms with Crippen molar-refractivity contribution in [3.05, 3.63) is 70.2 Å². The summed E-state index contributed by atoms with van der Waals surface area (Å²) in [5.41, 5.74) is 3.04. The van der Waals surface area contributed by atoms with E-state index in [1.807, 2.05) is 30.0 Å². The van der Waals surface area contributed by atoms with Crippen LogP contribution in [0.15, 0.2) is 48.5 Å². The van der Waals surface area contributed by atoms with Crippen LogP contribution in [0.1, 0.15) is 21.5 Å². The van der Waals surface area contributed by atoms with Crippen LogP contribution in [0.2, 0.25) is 5.02 Å². The first-order chi connectivity index (χ1) is 11.1. The smallest absolute Gasteiger partial charge is 0.254 e. The van der Waals surface area contributed by atoms with Gasteiger partial charge in [0, 0.05) is 16.1 Å². The van der Waals surface area contributed by atoms with Crippen LogP contribution in [0.4, 0.5) is 0 Å². The molecule has 1 aliphatic rings. The molecule has 120 valence electrons. The summed E-state index contributed by atoms with van der Waals surface area (Å²) in [6.45, 7) is 6.54. The summed E-state index contributed by atoms with van der Waals surface area (Å²) in [4.78, 5) is 16.1. The Kier molecular flexibility index (Phi) is 4.99. The van der Waals surface area contributed by atoms with Gasteiger partial charge in [0.2, 0.25) is 0 Å². The molecule has 3 nitrogen and oxygen atoms in total. The van der Waals surface area contributed by atoms with Crippen LogP contribution in [0.25, 0.3) is 0 Å². The maximum atomic E-state index is 12.6. The average molecular weight is 330 g/mol. The number of rotatable bonds is 3. The summed E-state index contributed by atoms with van der Waals surface area (Å²) in [5, 5.41) is 0.657. The van der Waals surface area contributed by atoms with E-state index in [-0.39, 0.29) is 5.91 Å². The van der Waals surface area contributed by atoms with Crippen LogP contribution in [-0.4, -0.2) is 37.0 Å². The minimum atomic E-state index is 0.0886. The SMILES string of the molecule is Cc1ccc(C(=O)N2CC[NH+](Cc3ccccc3)CC2)cc1Cl. The summed E-state index contributed by atoms with van der Waals surface area (Å²) in [5.74, 6) is 0.0886. The van der Waals surface area contributed by atoms with Gasteiger partial charge >= 0.3 is 0 Å². The lowest BCUT2D eigenvalue weighted by Gasteiger charge is -2.32. The molecular formula is C19H22ClN2O+. The molecule has 23 heavy (non-hydrogen) atoms. The van der Waals surface area contributed by atoms with Crippen LogP contribution in [0, 0.1) is 6.92 Å². The van der Waals surface area contributed by atoms with Gasteiger partial charge in [-0.3, -0.25) is 4.79 Å². The summed E-state index contributed by atoms with van der Waals surface area (Å²) in [7, 11) is 0. The van der Waals surface area contributed by atoms with E-state index < -0.39 is 0 Å². The molecule has 0 radical (unpaired) electrons. The molecule has 1 aliphatic heterocycles. The van der Waals surface area contributed by atoms with Gasteiger partial charge in [-0.1, -0.05) is 48.0 Å². The first-order valence-electron chi connectivity index (χ1n) is 8.06. The van der Waals surface area contributed by atoms with Gasteiger partial charge in [0.25, 0.3) is 5.91 Å². The number of halogens is 1. The Balaban J connectivity index is 1.58. The highest BCUT2D eigenvalue weighted by Gasteiger charge is 2.24. The zero-order chi connectivity index (χ0) is 16.2. The van der Waals surface area contributed by atoms with Crippen molar-refractivity contribution in [2.45, 2.75) is 13.5 Å².